The van der Waals surface area contributed by atoms with Gasteiger partial charge in [-0.25, -0.2) is 13.2 Å². The molecule has 0 fully saturated rings. The van der Waals surface area contributed by atoms with Crippen molar-refractivity contribution in [1.29, 1.82) is 0 Å². The minimum absolute atomic E-state index is 0.111. The van der Waals surface area contributed by atoms with Crippen molar-refractivity contribution >= 4 is 26.7 Å². The highest BCUT2D eigenvalue weighted by molar-refractivity contribution is 7.90. The van der Waals surface area contributed by atoms with Crippen LogP contribution < -0.4 is 11.4 Å². The smallest absolute Gasteiger partial charge is 0.343 e. The van der Waals surface area contributed by atoms with Gasteiger partial charge in [0.1, 0.15) is 0 Å². The second-order valence-electron chi connectivity index (χ2n) is 5.63. The van der Waals surface area contributed by atoms with Gasteiger partial charge in [0, 0.05) is 12.7 Å². The number of aryl methyl sites for hydroxylation is 3. The summed E-state index contributed by atoms with van der Waals surface area (Å²) < 4.78 is 28.2. The van der Waals surface area contributed by atoms with E-state index in [1.165, 1.54) is 23.7 Å². The Morgan fingerprint density at radius 3 is 2.35 bits per heavy atom. The predicted octanol–water partition coefficient (Wildman–Crippen LogP) is 1.78. The van der Waals surface area contributed by atoms with Crippen LogP contribution in [-0.4, -0.2) is 17.0 Å². The van der Waals surface area contributed by atoms with Crippen LogP contribution in [0.3, 0.4) is 0 Å². The highest BCUT2D eigenvalue weighted by atomic mass is 32.2. The lowest BCUT2D eigenvalue weighted by atomic mass is 10.2. The lowest BCUT2D eigenvalue weighted by Crippen LogP contribution is -2.28. The third-order valence-corrected chi connectivity index (χ3v) is 5.74. The Bertz CT molecular complexity index is 1090. The van der Waals surface area contributed by atoms with E-state index < -0.39 is 15.7 Å². The molecule has 6 nitrogen and oxygen atoms in total. The van der Waals surface area contributed by atoms with Crippen molar-refractivity contribution in [2.24, 2.45) is 7.05 Å². The summed E-state index contributed by atoms with van der Waals surface area (Å²) in [6, 6.07) is 9.78. The van der Waals surface area contributed by atoms with Crippen molar-refractivity contribution in [2.45, 2.75) is 18.7 Å². The first kappa shape index (κ1) is 15.4. The first-order chi connectivity index (χ1) is 10.7. The molecule has 0 saturated heterocycles. The Hall–Kier alpha value is -2.54. The minimum Gasteiger partial charge on any atom is -0.399 e. The fourth-order valence-corrected chi connectivity index (χ4v) is 4.38. The average molecular weight is 331 g/mol. The number of aromatic nitrogens is 2. The standard InChI is InChI=1S/C16H17N3O3S/c1-10-4-7-15(11(2)8-10)23(21,22)19-14-9-12(17)5-6-13(14)18(3)16(19)20/h4-9H,17H2,1-3H3. The van der Waals surface area contributed by atoms with Crippen LogP contribution in [0.5, 0.6) is 0 Å². The van der Waals surface area contributed by atoms with Gasteiger partial charge in [-0.05, 0) is 43.7 Å². The van der Waals surface area contributed by atoms with Crippen LogP contribution in [0.1, 0.15) is 11.1 Å². The number of hydrogen-bond acceptors (Lipinski definition) is 4. The van der Waals surface area contributed by atoms with Crippen LogP contribution in [0.2, 0.25) is 0 Å². The van der Waals surface area contributed by atoms with Crippen LogP contribution in [0.25, 0.3) is 11.0 Å². The summed E-state index contributed by atoms with van der Waals surface area (Å²) in [7, 11) is -2.48. The van der Waals surface area contributed by atoms with E-state index in [1.807, 2.05) is 6.92 Å². The molecular formula is C16H17N3O3S. The van der Waals surface area contributed by atoms with Crippen LogP contribution in [-0.2, 0) is 17.1 Å². The summed E-state index contributed by atoms with van der Waals surface area (Å²) in [6.07, 6.45) is 0. The van der Waals surface area contributed by atoms with E-state index in [0.29, 0.717) is 16.8 Å². The Morgan fingerprint density at radius 2 is 1.70 bits per heavy atom. The van der Waals surface area contributed by atoms with E-state index in [1.54, 1.807) is 31.2 Å². The van der Waals surface area contributed by atoms with Crippen LogP contribution in [0.4, 0.5) is 5.69 Å². The molecule has 1 heterocycles. The van der Waals surface area contributed by atoms with Crippen LogP contribution in [0.15, 0.2) is 46.1 Å². The molecule has 7 heteroatoms. The minimum atomic E-state index is -4.01. The third kappa shape index (κ3) is 2.24. The number of fused-ring (bicyclic) bond motifs is 1. The number of imidazole rings is 1. The van der Waals surface area contributed by atoms with Crippen molar-refractivity contribution in [1.82, 2.24) is 8.54 Å². The van der Waals surface area contributed by atoms with Crippen molar-refractivity contribution in [3.63, 3.8) is 0 Å². The van der Waals surface area contributed by atoms with Gasteiger partial charge in [-0.2, -0.15) is 3.97 Å². The normalized spacial score (nSPS) is 12.0. The molecule has 0 aliphatic rings. The molecule has 120 valence electrons. The van der Waals surface area contributed by atoms with Gasteiger partial charge in [0.05, 0.1) is 15.9 Å². The van der Waals surface area contributed by atoms with Crippen LogP contribution >= 0.6 is 0 Å². The maximum Gasteiger partial charge on any atom is 0.343 e. The van der Waals surface area contributed by atoms with Gasteiger partial charge in [-0.1, -0.05) is 17.7 Å². The highest BCUT2D eigenvalue weighted by Crippen LogP contribution is 2.23. The fraction of sp³-hybridized carbons (Fsp3) is 0.188. The van der Waals surface area contributed by atoms with Gasteiger partial charge in [0.2, 0.25) is 0 Å². The van der Waals surface area contributed by atoms with Crippen molar-refractivity contribution < 1.29 is 8.42 Å². The molecule has 0 bridgehead atoms. The molecule has 0 amide bonds. The summed E-state index contributed by atoms with van der Waals surface area (Å²) >= 11 is 0. The van der Waals surface area contributed by atoms with Crippen molar-refractivity contribution in [2.75, 3.05) is 5.73 Å². The lowest BCUT2D eigenvalue weighted by Gasteiger charge is -2.09. The summed E-state index contributed by atoms with van der Waals surface area (Å²) in [5.74, 6) is 0. The Kier molecular flexibility index (Phi) is 3.33. The van der Waals surface area contributed by atoms with E-state index in [-0.39, 0.29) is 10.4 Å². The topological polar surface area (TPSA) is 87.1 Å². The molecule has 0 aliphatic heterocycles. The molecule has 2 aromatic carbocycles. The molecule has 0 atom stereocenters. The molecule has 2 N–H and O–H groups in total. The summed E-state index contributed by atoms with van der Waals surface area (Å²) in [5, 5.41) is 0. The monoisotopic (exact) mass is 331 g/mol. The SMILES string of the molecule is Cc1ccc(S(=O)(=O)n2c(=O)n(C)c3ccc(N)cc32)c(C)c1. The maximum atomic E-state index is 13.0. The van der Waals surface area contributed by atoms with Crippen molar-refractivity contribution in [3.05, 3.63) is 58.0 Å². The molecular weight excluding hydrogens is 314 g/mol. The molecule has 0 aliphatic carbocycles. The largest absolute Gasteiger partial charge is 0.399 e. The lowest BCUT2D eigenvalue weighted by molar-refractivity contribution is 0.585. The van der Waals surface area contributed by atoms with E-state index >= 15 is 0 Å². The third-order valence-electron chi connectivity index (χ3n) is 3.89. The Morgan fingerprint density at radius 1 is 1.00 bits per heavy atom. The summed E-state index contributed by atoms with van der Waals surface area (Å²) in [4.78, 5) is 12.6. The zero-order valence-electron chi connectivity index (χ0n) is 13.1. The molecule has 0 radical (unpaired) electrons. The second kappa shape index (κ2) is 4.99. The van der Waals surface area contributed by atoms with Gasteiger partial charge in [-0.15, -0.1) is 0 Å². The maximum absolute atomic E-state index is 13.0. The number of benzene rings is 2. The first-order valence-electron chi connectivity index (χ1n) is 7.03. The highest BCUT2D eigenvalue weighted by Gasteiger charge is 2.25. The quantitative estimate of drug-likeness (QED) is 0.725. The zero-order valence-corrected chi connectivity index (χ0v) is 13.9. The number of rotatable bonds is 2. The zero-order chi connectivity index (χ0) is 16.9. The van der Waals surface area contributed by atoms with Gasteiger partial charge in [0.15, 0.2) is 0 Å². The van der Waals surface area contributed by atoms with Gasteiger partial charge in [0.25, 0.3) is 10.0 Å². The number of nitrogen functional groups attached to an aromatic ring is 1. The molecule has 3 aromatic rings. The van der Waals surface area contributed by atoms with Crippen LogP contribution in [0, 0.1) is 13.8 Å². The summed E-state index contributed by atoms with van der Waals surface area (Å²) in [5.41, 5.74) is 7.88. The number of hydrogen-bond donors (Lipinski definition) is 1. The molecule has 3 rings (SSSR count). The Balaban J connectivity index is 2.42. The molecule has 0 unspecified atom stereocenters. The van der Waals surface area contributed by atoms with Gasteiger partial charge in [-0.3, -0.25) is 4.57 Å². The fourth-order valence-electron chi connectivity index (χ4n) is 2.75. The number of nitrogens with zero attached hydrogens (tertiary/aromatic N) is 2. The summed E-state index contributed by atoms with van der Waals surface area (Å²) in [6.45, 7) is 3.60. The van der Waals surface area contributed by atoms with E-state index in [2.05, 4.69) is 0 Å². The molecule has 23 heavy (non-hydrogen) atoms. The predicted molar refractivity (Wildman–Crippen MR) is 90.1 cm³/mol. The van der Waals surface area contributed by atoms with E-state index in [0.717, 1.165) is 9.54 Å². The Labute approximate surface area is 133 Å². The molecule has 1 aromatic heterocycles. The van der Waals surface area contributed by atoms with Gasteiger partial charge >= 0.3 is 5.69 Å². The number of anilines is 1. The van der Waals surface area contributed by atoms with Crippen molar-refractivity contribution in [3.8, 4) is 0 Å². The first-order valence-corrected chi connectivity index (χ1v) is 8.47. The second-order valence-corrected chi connectivity index (χ2v) is 7.38. The van der Waals surface area contributed by atoms with E-state index in [9.17, 15) is 13.2 Å². The average Bonchev–Trinajstić information content (AvgIpc) is 2.70. The molecule has 0 saturated carbocycles. The van der Waals surface area contributed by atoms with Gasteiger partial charge < -0.3 is 5.73 Å². The van der Waals surface area contributed by atoms with E-state index in [4.69, 9.17) is 5.73 Å². The molecule has 0 spiro atoms. The number of nitrogens with two attached hydrogens (primary N) is 1.